The largest absolute Gasteiger partial charge is 0.324 e. The maximum atomic E-state index is 12.5. The second-order valence-electron chi connectivity index (χ2n) is 5.89. The van der Waals surface area contributed by atoms with Gasteiger partial charge in [0.2, 0.25) is 15.9 Å². The van der Waals surface area contributed by atoms with Crippen molar-refractivity contribution in [2.75, 3.05) is 18.9 Å². The van der Waals surface area contributed by atoms with Gasteiger partial charge in [-0.1, -0.05) is 35.9 Å². The van der Waals surface area contributed by atoms with Gasteiger partial charge in [0.25, 0.3) is 0 Å². The number of rotatable bonds is 5. The fourth-order valence-corrected chi connectivity index (χ4v) is 3.50. The first kappa shape index (κ1) is 18.2. The molecule has 0 saturated carbocycles. The van der Waals surface area contributed by atoms with E-state index in [1.165, 1.54) is 7.05 Å². The summed E-state index contributed by atoms with van der Waals surface area (Å²) >= 11 is 0. The number of hydrogen-bond donors (Lipinski definition) is 1. The molecule has 5 nitrogen and oxygen atoms in total. The molecule has 0 radical (unpaired) electrons. The Kier molecular flexibility index (Phi) is 5.41. The van der Waals surface area contributed by atoms with E-state index in [4.69, 9.17) is 0 Å². The van der Waals surface area contributed by atoms with Gasteiger partial charge in [0, 0.05) is 12.7 Å². The zero-order valence-corrected chi connectivity index (χ0v) is 15.1. The number of hydrogen-bond acceptors (Lipinski definition) is 3. The quantitative estimate of drug-likeness (QED) is 0.905. The van der Waals surface area contributed by atoms with Gasteiger partial charge in [0.05, 0.1) is 11.4 Å². The topological polar surface area (TPSA) is 66.5 Å². The van der Waals surface area contributed by atoms with Crippen LogP contribution in [0.25, 0.3) is 0 Å². The van der Waals surface area contributed by atoms with Gasteiger partial charge in [0.1, 0.15) is 0 Å². The summed E-state index contributed by atoms with van der Waals surface area (Å²) in [4.78, 5) is 12.4. The molecular weight excluding hydrogens is 324 g/mol. The van der Waals surface area contributed by atoms with E-state index < -0.39 is 10.0 Å². The number of benzene rings is 2. The zero-order valence-electron chi connectivity index (χ0n) is 14.3. The van der Waals surface area contributed by atoms with Crippen molar-refractivity contribution in [1.29, 1.82) is 0 Å². The van der Waals surface area contributed by atoms with Crippen LogP contribution in [0.2, 0.25) is 0 Å². The lowest BCUT2D eigenvalue weighted by molar-refractivity contribution is -0.116. The number of anilines is 1. The number of nitrogens with zero attached hydrogens (tertiary/aromatic N) is 1. The maximum absolute atomic E-state index is 12.5. The SMILES string of the molecule is Cc1ccc(S(=O)(=O)N(C)CC(=O)Nc2c(C)cccc2C)cc1. The van der Waals surface area contributed by atoms with E-state index in [1.54, 1.807) is 24.3 Å². The number of aryl methyl sites for hydroxylation is 3. The van der Waals surface area contributed by atoms with E-state index in [0.29, 0.717) is 0 Å². The van der Waals surface area contributed by atoms with E-state index in [-0.39, 0.29) is 17.3 Å². The zero-order chi connectivity index (χ0) is 17.9. The van der Waals surface area contributed by atoms with Crippen LogP contribution in [0.5, 0.6) is 0 Å². The Balaban J connectivity index is 2.12. The summed E-state index contributed by atoms with van der Waals surface area (Å²) in [6.45, 7) is 5.44. The number of carbonyl (C=O) groups excluding carboxylic acids is 1. The molecule has 1 amide bonds. The van der Waals surface area contributed by atoms with Gasteiger partial charge >= 0.3 is 0 Å². The van der Waals surface area contributed by atoms with Gasteiger partial charge in [-0.3, -0.25) is 4.79 Å². The van der Waals surface area contributed by atoms with Crippen molar-refractivity contribution in [1.82, 2.24) is 4.31 Å². The lowest BCUT2D eigenvalue weighted by atomic mass is 10.1. The molecular formula is C18H22N2O3S. The summed E-state index contributed by atoms with van der Waals surface area (Å²) in [6.07, 6.45) is 0. The molecule has 128 valence electrons. The van der Waals surface area contributed by atoms with E-state index in [2.05, 4.69) is 5.32 Å². The molecule has 2 aromatic carbocycles. The Bertz CT molecular complexity index is 823. The fourth-order valence-electron chi connectivity index (χ4n) is 2.37. The summed E-state index contributed by atoms with van der Waals surface area (Å²) in [6, 6.07) is 12.3. The Morgan fingerprint density at radius 1 is 1.00 bits per heavy atom. The van der Waals surface area contributed by atoms with Crippen molar-refractivity contribution in [3.05, 3.63) is 59.2 Å². The van der Waals surface area contributed by atoms with Crippen LogP contribution in [0.3, 0.4) is 0 Å². The fraction of sp³-hybridized carbons (Fsp3) is 0.278. The minimum Gasteiger partial charge on any atom is -0.324 e. The van der Waals surface area contributed by atoms with Crippen molar-refractivity contribution >= 4 is 21.6 Å². The van der Waals surface area contributed by atoms with Crippen molar-refractivity contribution in [2.24, 2.45) is 0 Å². The van der Waals surface area contributed by atoms with Gasteiger partial charge < -0.3 is 5.32 Å². The van der Waals surface area contributed by atoms with Gasteiger partial charge in [-0.25, -0.2) is 8.42 Å². The molecule has 0 saturated heterocycles. The highest BCUT2D eigenvalue weighted by Crippen LogP contribution is 2.20. The van der Waals surface area contributed by atoms with E-state index in [0.717, 1.165) is 26.7 Å². The molecule has 0 aliphatic heterocycles. The standard InChI is InChI=1S/C18H22N2O3S/c1-13-8-10-16(11-9-13)24(22,23)20(4)12-17(21)19-18-14(2)6-5-7-15(18)3/h5-11H,12H2,1-4H3,(H,19,21). The van der Waals surface area contributed by atoms with E-state index in [9.17, 15) is 13.2 Å². The predicted molar refractivity (Wildman–Crippen MR) is 95.5 cm³/mol. The van der Waals surface area contributed by atoms with Crippen molar-refractivity contribution in [2.45, 2.75) is 25.7 Å². The molecule has 0 heterocycles. The van der Waals surface area contributed by atoms with Crippen molar-refractivity contribution in [3.8, 4) is 0 Å². The Hall–Kier alpha value is -2.18. The van der Waals surface area contributed by atoms with Gasteiger partial charge in [0.15, 0.2) is 0 Å². The molecule has 0 bridgehead atoms. The lowest BCUT2D eigenvalue weighted by Crippen LogP contribution is -2.35. The predicted octanol–water partition coefficient (Wildman–Crippen LogP) is 2.87. The number of nitrogens with one attached hydrogen (secondary N) is 1. The van der Waals surface area contributed by atoms with Crippen LogP contribution in [-0.2, 0) is 14.8 Å². The molecule has 0 aliphatic rings. The summed E-state index contributed by atoms with van der Waals surface area (Å²) in [5.41, 5.74) is 3.58. The molecule has 0 spiro atoms. The average molecular weight is 346 g/mol. The highest BCUT2D eigenvalue weighted by Gasteiger charge is 2.23. The number of likely N-dealkylation sites (N-methyl/N-ethyl adjacent to an activating group) is 1. The minimum absolute atomic E-state index is 0.176. The summed E-state index contributed by atoms with van der Waals surface area (Å²) in [5.74, 6) is -0.370. The minimum atomic E-state index is -3.69. The molecule has 0 aliphatic carbocycles. The van der Waals surface area contributed by atoms with E-state index in [1.807, 2.05) is 39.0 Å². The first-order chi connectivity index (χ1) is 11.2. The van der Waals surface area contributed by atoms with E-state index >= 15 is 0 Å². The van der Waals surface area contributed by atoms with Crippen LogP contribution < -0.4 is 5.32 Å². The molecule has 2 aromatic rings. The third-order valence-corrected chi connectivity index (χ3v) is 5.66. The molecule has 0 fully saturated rings. The first-order valence-electron chi connectivity index (χ1n) is 7.61. The van der Waals surface area contributed by atoms with Crippen LogP contribution in [0.15, 0.2) is 47.4 Å². The number of para-hydroxylation sites is 1. The molecule has 24 heavy (non-hydrogen) atoms. The Morgan fingerprint density at radius 3 is 2.08 bits per heavy atom. The third kappa shape index (κ3) is 4.01. The van der Waals surface area contributed by atoms with Gasteiger partial charge in [-0.05, 0) is 44.0 Å². The number of amides is 1. The van der Waals surface area contributed by atoms with Crippen LogP contribution >= 0.6 is 0 Å². The first-order valence-corrected chi connectivity index (χ1v) is 9.05. The van der Waals surface area contributed by atoms with Gasteiger partial charge in [-0.2, -0.15) is 4.31 Å². The second-order valence-corrected chi connectivity index (χ2v) is 7.93. The summed E-state index contributed by atoms with van der Waals surface area (Å²) < 4.78 is 26.1. The average Bonchev–Trinajstić information content (AvgIpc) is 2.51. The summed E-state index contributed by atoms with van der Waals surface area (Å²) in [7, 11) is -2.29. The highest BCUT2D eigenvalue weighted by atomic mass is 32.2. The molecule has 0 unspecified atom stereocenters. The summed E-state index contributed by atoms with van der Waals surface area (Å²) in [5, 5.41) is 2.80. The molecule has 0 atom stereocenters. The van der Waals surface area contributed by atoms with Crippen LogP contribution in [-0.4, -0.2) is 32.2 Å². The number of sulfonamides is 1. The highest BCUT2D eigenvalue weighted by molar-refractivity contribution is 7.89. The Labute approximate surface area is 143 Å². The van der Waals surface area contributed by atoms with Crippen LogP contribution in [0.4, 0.5) is 5.69 Å². The monoisotopic (exact) mass is 346 g/mol. The van der Waals surface area contributed by atoms with Crippen molar-refractivity contribution in [3.63, 3.8) is 0 Å². The van der Waals surface area contributed by atoms with Gasteiger partial charge in [-0.15, -0.1) is 0 Å². The Morgan fingerprint density at radius 2 is 1.54 bits per heavy atom. The molecule has 6 heteroatoms. The molecule has 1 N–H and O–H groups in total. The third-order valence-electron chi connectivity index (χ3n) is 3.84. The lowest BCUT2D eigenvalue weighted by Gasteiger charge is -2.18. The molecule has 2 rings (SSSR count). The maximum Gasteiger partial charge on any atom is 0.243 e. The van der Waals surface area contributed by atoms with Crippen LogP contribution in [0, 0.1) is 20.8 Å². The molecule has 0 aromatic heterocycles. The van der Waals surface area contributed by atoms with Crippen LogP contribution in [0.1, 0.15) is 16.7 Å². The van der Waals surface area contributed by atoms with Crippen molar-refractivity contribution < 1.29 is 13.2 Å². The smallest absolute Gasteiger partial charge is 0.243 e. The number of carbonyl (C=O) groups is 1. The second kappa shape index (κ2) is 7.15. The normalized spacial score (nSPS) is 11.5.